The summed E-state index contributed by atoms with van der Waals surface area (Å²) in [5, 5.41) is 8.33. The molecular formula is C21H23N5O2. The fourth-order valence-corrected chi connectivity index (χ4v) is 3.28. The Morgan fingerprint density at radius 2 is 1.75 bits per heavy atom. The van der Waals surface area contributed by atoms with Crippen molar-refractivity contribution in [2.24, 2.45) is 0 Å². The van der Waals surface area contributed by atoms with Crippen molar-refractivity contribution in [2.75, 3.05) is 31.1 Å². The minimum absolute atomic E-state index is 0.0694. The number of piperazine rings is 1. The summed E-state index contributed by atoms with van der Waals surface area (Å²) >= 11 is 0. The van der Waals surface area contributed by atoms with Gasteiger partial charge in [0.05, 0.1) is 5.56 Å². The standard InChI is InChI=1S/C21H23N5O2/c1-15(2)19-23-24-20(28-19)17-9-6-10-22-18(17)25-11-13-26(14-12-25)21(27)16-7-4-3-5-8-16/h3-10,15H,11-14H2,1-2H3. The van der Waals surface area contributed by atoms with Crippen molar-refractivity contribution in [3.05, 3.63) is 60.1 Å². The number of carbonyl (C=O) groups excluding carboxylic acids is 1. The summed E-state index contributed by atoms with van der Waals surface area (Å²) in [6.07, 6.45) is 1.76. The monoisotopic (exact) mass is 377 g/mol. The lowest BCUT2D eigenvalue weighted by atomic mass is 10.1. The zero-order valence-corrected chi connectivity index (χ0v) is 16.1. The minimum atomic E-state index is 0.0694. The van der Waals surface area contributed by atoms with Crippen LogP contribution in [0.25, 0.3) is 11.5 Å². The number of benzene rings is 1. The lowest BCUT2D eigenvalue weighted by Crippen LogP contribution is -2.49. The topological polar surface area (TPSA) is 75.4 Å². The molecule has 0 atom stereocenters. The van der Waals surface area contributed by atoms with Crippen molar-refractivity contribution in [2.45, 2.75) is 19.8 Å². The molecule has 1 saturated heterocycles. The first-order chi connectivity index (χ1) is 13.6. The molecule has 1 aliphatic heterocycles. The number of aromatic nitrogens is 3. The third-order valence-electron chi connectivity index (χ3n) is 4.84. The molecule has 1 aromatic carbocycles. The van der Waals surface area contributed by atoms with Crippen molar-refractivity contribution < 1.29 is 9.21 Å². The van der Waals surface area contributed by atoms with E-state index in [-0.39, 0.29) is 11.8 Å². The fraction of sp³-hybridized carbons (Fsp3) is 0.333. The number of anilines is 1. The van der Waals surface area contributed by atoms with E-state index < -0.39 is 0 Å². The Bertz CT molecular complexity index is 946. The van der Waals surface area contributed by atoms with E-state index >= 15 is 0 Å². The Morgan fingerprint density at radius 3 is 2.43 bits per heavy atom. The highest BCUT2D eigenvalue weighted by Gasteiger charge is 2.25. The second-order valence-corrected chi connectivity index (χ2v) is 7.12. The average molecular weight is 377 g/mol. The summed E-state index contributed by atoms with van der Waals surface area (Å²) in [5.41, 5.74) is 1.55. The number of carbonyl (C=O) groups is 1. The molecule has 0 aliphatic carbocycles. The molecule has 7 heteroatoms. The summed E-state index contributed by atoms with van der Waals surface area (Å²) in [6, 6.07) is 13.2. The van der Waals surface area contributed by atoms with Gasteiger partial charge in [0, 0.05) is 43.9 Å². The van der Waals surface area contributed by atoms with Gasteiger partial charge in [0.15, 0.2) is 0 Å². The van der Waals surface area contributed by atoms with Crippen LogP contribution in [0.3, 0.4) is 0 Å². The second-order valence-electron chi connectivity index (χ2n) is 7.12. The molecule has 0 saturated carbocycles. The van der Waals surface area contributed by atoms with Crippen LogP contribution in [0.5, 0.6) is 0 Å². The third kappa shape index (κ3) is 3.60. The van der Waals surface area contributed by atoms with Crippen molar-refractivity contribution in [3.63, 3.8) is 0 Å². The lowest BCUT2D eigenvalue weighted by molar-refractivity contribution is 0.0746. The van der Waals surface area contributed by atoms with Gasteiger partial charge in [-0.25, -0.2) is 4.98 Å². The highest BCUT2D eigenvalue weighted by Crippen LogP contribution is 2.29. The summed E-state index contributed by atoms with van der Waals surface area (Å²) in [7, 11) is 0. The van der Waals surface area contributed by atoms with Gasteiger partial charge in [0.2, 0.25) is 5.89 Å². The van der Waals surface area contributed by atoms with Crippen LogP contribution in [0.15, 0.2) is 53.1 Å². The molecule has 144 valence electrons. The van der Waals surface area contributed by atoms with Gasteiger partial charge in [-0.05, 0) is 24.3 Å². The molecule has 1 fully saturated rings. The highest BCUT2D eigenvalue weighted by atomic mass is 16.4. The van der Waals surface area contributed by atoms with Gasteiger partial charge in [0.25, 0.3) is 11.8 Å². The van der Waals surface area contributed by atoms with Gasteiger partial charge in [-0.15, -0.1) is 10.2 Å². The van der Waals surface area contributed by atoms with Crippen molar-refractivity contribution in [3.8, 4) is 11.5 Å². The number of nitrogens with zero attached hydrogens (tertiary/aromatic N) is 5. The molecule has 2 aromatic heterocycles. The number of amides is 1. The molecular weight excluding hydrogens is 354 g/mol. The number of hydrogen-bond acceptors (Lipinski definition) is 6. The van der Waals surface area contributed by atoms with Crippen LogP contribution < -0.4 is 4.90 Å². The average Bonchev–Trinajstić information content (AvgIpc) is 3.25. The molecule has 1 amide bonds. The third-order valence-corrected chi connectivity index (χ3v) is 4.84. The second kappa shape index (κ2) is 7.80. The van der Waals surface area contributed by atoms with Gasteiger partial charge < -0.3 is 14.2 Å². The smallest absolute Gasteiger partial charge is 0.253 e. The van der Waals surface area contributed by atoms with Crippen molar-refractivity contribution in [1.82, 2.24) is 20.1 Å². The van der Waals surface area contributed by atoms with Crippen LogP contribution in [0.2, 0.25) is 0 Å². The number of rotatable bonds is 4. The van der Waals surface area contributed by atoms with E-state index in [2.05, 4.69) is 20.1 Å². The Hall–Kier alpha value is -3.22. The molecule has 0 bridgehead atoms. The first-order valence-electron chi connectivity index (χ1n) is 9.51. The molecule has 1 aliphatic rings. The van der Waals surface area contributed by atoms with Crippen LogP contribution in [-0.2, 0) is 0 Å². The Labute approximate surface area is 164 Å². The van der Waals surface area contributed by atoms with Crippen LogP contribution in [0, 0.1) is 0 Å². The predicted octanol–water partition coefficient (Wildman–Crippen LogP) is 3.22. The zero-order valence-electron chi connectivity index (χ0n) is 16.1. The molecule has 0 spiro atoms. The van der Waals surface area contributed by atoms with Crippen molar-refractivity contribution >= 4 is 11.7 Å². The van der Waals surface area contributed by atoms with Gasteiger partial charge in [-0.3, -0.25) is 4.79 Å². The van der Waals surface area contributed by atoms with Crippen LogP contribution in [-0.4, -0.2) is 52.2 Å². The maximum absolute atomic E-state index is 12.7. The van der Waals surface area contributed by atoms with Gasteiger partial charge in [-0.2, -0.15) is 0 Å². The summed E-state index contributed by atoms with van der Waals surface area (Å²) in [5.74, 6) is 2.15. The molecule has 3 heterocycles. The van der Waals surface area contributed by atoms with Crippen LogP contribution >= 0.6 is 0 Å². The molecule has 0 N–H and O–H groups in total. The quantitative estimate of drug-likeness (QED) is 0.695. The number of pyridine rings is 1. The van der Waals surface area contributed by atoms with Crippen LogP contribution in [0.1, 0.15) is 36.0 Å². The van der Waals surface area contributed by atoms with Gasteiger partial charge >= 0.3 is 0 Å². The maximum atomic E-state index is 12.7. The summed E-state index contributed by atoms with van der Waals surface area (Å²) < 4.78 is 5.83. The van der Waals surface area contributed by atoms with E-state index in [1.807, 2.05) is 61.2 Å². The summed E-state index contributed by atoms with van der Waals surface area (Å²) in [6.45, 7) is 6.73. The molecule has 28 heavy (non-hydrogen) atoms. The zero-order chi connectivity index (χ0) is 19.5. The highest BCUT2D eigenvalue weighted by molar-refractivity contribution is 5.94. The van der Waals surface area contributed by atoms with Gasteiger partial charge in [-0.1, -0.05) is 32.0 Å². The fourth-order valence-electron chi connectivity index (χ4n) is 3.28. The Balaban J connectivity index is 1.50. The molecule has 3 aromatic rings. The van der Waals surface area contributed by atoms with E-state index in [0.717, 1.165) is 16.9 Å². The van der Waals surface area contributed by atoms with Gasteiger partial charge in [0.1, 0.15) is 5.82 Å². The Morgan fingerprint density at radius 1 is 1.00 bits per heavy atom. The lowest BCUT2D eigenvalue weighted by Gasteiger charge is -2.36. The molecule has 7 nitrogen and oxygen atoms in total. The van der Waals surface area contributed by atoms with E-state index in [0.29, 0.717) is 38.0 Å². The predicted molar refractivity (Wildman–Crippen MR) is 106 cm³/mol. The Kier molecular flexibility index (Phi) is 5.06. The largest absolute Gasteiger partial charge is 0.420 e. The molecule has 0 radical (unpaired) electrons. The first kappa shape index (κ1) is 18.2. The summed E-state index contributed by atoms with van der Waals surface area (Å²) in [4.78, 5) is 21.3. The van der Waals surface area contributed by atoms with Crippen LogP contribution in [0.4, 0.5) is 5.82 Å². The minimum Gasteiger partial charge on any atom is -0.420 e. The van der Waals surface area contributed by atoms with E-state index in [9.17, 15) is 4.79 Å². The van der Waals surface area contributed by atoms with E-state index in [1.54, 1.807) is 6.20 Å². The van der Waals surface area contributed by atoms with E-state index in [4.69, 9.17) is 4.42 Å². The number of hydrogen-bond donors (Lipinski definition) is 0. The first-order valence-corrected chi connectivity index (χ1v) is 9.51. The molecule has 0 unspecified atom stereocenters. The van der Waals surface area contributed by atoms with E-state index in [1.165, 1.54) is 0 Å². The normalized spacial score (nSPS) is 14.5. The molecule has 4 rings (SSSR count). The van der Waals surface area contributed by atoms with Crippen molar-refractivity contribution in [1.29, 1.82) is 0 Å². The SMILES string of the molecule is CC(C)c1nnc(-c2cccnc2N2CCN(C(=O)c3ccccc3)CC2)o1. The maximum Gasteiger partial charge on any atom is 0.253 e.